The summed E-state index contributed by atoms with van der Waals surface area (Å²) in [5.74, 6) is -1.17. The van der Waals surface area contributed by atoms with Crippen LogP contribution < -0.4 is 5.73 Å². The largest absolute Gasteiger partial charge is 0.481 e. The zero-order valence-electron chi connectivity index (χ0n) is 11.5. The SMILES string of the molecule is CCCCC(CC)C(C(=O)O)c1cc(Br)ccc1N. The fourth-order valence-electron chi connectivity index (χ4n) is 2.48. The van der Waals surface area contributed by atoms with Crippen LogP contribution in [0, 0.1) is 5.92 Å². The molecule has 0 radical (unpaired) electrons. The molecule has 2 atom stereocenters. The lowest BCUT2D eigenvalue weighted by Gasteiger charge is -2.24. The second-order valence-corrected chi connectivity index (χ2v) is 5.82. The van der Waals surface area contributed by atoms with Crippen molar-refractivity contribution < 1.29 is 9.90 Å². The molecule has 1 rings (SSSR count). The van der Waals surface area contributed by atoms with Gasteiger partial charge in [0.25, 0.3) is 0 Å². The number of rotatable bonds is 7. The van der Waals surface area contributed by atoms with E-state index in [-0.39, 0.29) is 5.92 Å². The molecule has 0 aromatic heterocycles. The minimum absolute atomic E-state index is 0.133. The number of halogens is 1. The quantitative estimate of drug-likeness (QED) is 0.729. The smallest absolute Gasteiger partial charge is 0.311 e. The summed E-state index contributed by atoms with van der Waals surface area (Å²) in [5, 5.41) is 9.57. The monoisotopic (exact) mass is 327 g/mol. The van der Waals surface area contributed by atoms with Crippen molar-refractivity contribution in [1.82, 2.24) is 0 Å². The van der Waals surface area contributed by atoms with E-state index in [0.717, 1.165) is 35.7 Å². The predicted octanol–water partition coefficient (Wildman–Crippen LogP) is 4.42. The molecule has 2 unspecified atom stereocenters. The van der Waals surface area contributed by atoms with E-state index in [4.69, 9.17) is 5.73 Å². The van der Waals surface area contributed by atoms with Gasteiger partial charge in [0.2, 0.25) is 0 Å². The van der Waals surface area contributed by atoms with Crippen LogP contribution in [0.3, 0.4) is 0 Å². The van der Waals surface area contributed by atoms with Crippen LogP contribution in [0.2, 0.25) is 0 Å². The number of hydrogen-bond acceptors (Lipinski definition) is 2. The van der Waals surface area contributed by atoms with E-state index in [1.165, 1.54) is 0 Å². The summed E-state index contributed by atoms with van der Waals surface area (Å²) in [6, 6.07) is 5.44. The first-order valence-electron chi connectivity index (χ1n) is 6.78. The Kier molecular flexibility index (Phi) is 6.35. The number of carbonyl (C=O) groups is 1. The fraction of sp³-hybridized carbons (Fsp3) is 0.533. The van der Waals surface area contributed by atoms with E-state index in [2.05, 4.69) is 22.9 Å². The van der Waals surface area contributed by atoms with Crippen molar-refractivity contribution in [3.05, 3.63) is 28.2 Å². The van der Waals surface area contributed by atoms with Gasteiger partial charge in [-0.15, -0.1) is 0 Å². The summed E-state index contributed by atoms with van der Waals surface area (Å²) in [7, 11) is 0. The first-order valence-corrected chi connectivity index (χ1v) is 7.58. The van der Waals surface area contributed by atoms with Gasteiger partial charge >= 0.3 is 5.97 Å². The molecule has 0 aliphatic rings. The highest BCUT2D eigenvalue weighted by atomic mass is 79.9. The zero-order valence-corrected chi connectivity index (χ0v) is 13.1. The highest BCUT2D eigenvalue weighted by Crippen LogP contribution is 2.35. The van der Waals surface area contributed by atoms with E-state index in [1.54, 1.807) is 6.07 Å². The van der Waals surface area contributed by atoms with Crippen molar-refractivity contribution >= 4 is 27.6 Å². The molecule has 0 saturated carbocycles. The lowest BCUT2D eigenvalue weighted by Crippen LogP contribution is -2.22. The predicted molar refractivity (Wildman–Crippen MR) is 82.2 cm³/mol. The number of aliphatic carboxylic acids is 1. The standard InChI is InChI=1S/C15H22BrNO2/c1-3-5-6-10(4-2)14(15(18)19)12-9-11(16)7-8-13(12)17/h7-10,14H,3-6,17H2,1-2H3,(H,18,19). The highest BCUT2D eigenvalue weighted by molar-refractivity contribution is 9.10. The number of benzene rings is 1. The number of carboxylic acids is 1. The van der Waals surface area contributed by atoms with E-state index in [0.29, 0.717) is 5.69 Å². The van der Waals surface area contributed by atoms with Crippen LogP contribution in [-0.2, 0) is 4.79 Å². The molecule has 0 aliphatic heterocycles. The molecular weight excluding hydrogens is 306 g/mol. The zero-order chi connectivity index (χ0) is 14.4. The molecule has 19 heavy (non-hydrogen) atoms. The number of hydrogen-bond donors (Lipinski definition) is 2. The van der Waals surface area contributed by atoms with E-state index in [9.17, 15) is 9.90 Å². The van der Waals surface area contributed by atoms with Crippen LogP contribution in [0.1, 0.15) is 51.0 Å². The summed E-state index contributed by atoms with van der Waals surface area (Å²) in [6.45, 7) is 4.17. The Balaban J connectivity index is 3.11. The third-order valence-corrected chi connectivity index (χ3v) is 4.07. The Bertz CT molecular complexity index is 434. The molecule has 0 saturated heterocycles. The number of nitrogen functional groups attached to an aromatic ring is 1. The molecule has 1 aromatic carbocycles. The summed E-state index contributed by atoms with van der Waals surface area (Å²) in [5.41, 5.74) is 7.25. The Morgan fingerprint density at radius 2 is 2.11 bits per heavy atom. The molecule has 4 heteroatoms. The summed E-state index contributed by atoms with van der Waals surface area (Å²) in [4.78, 5) is 11.7. The molecule has 0 aliphatic carbocycles. The van der Waals surface area contributed by atoms with Crippen LogP contribution in [0.5, 0.6) is 0 Å². The first kappa shape index (κ1) is 16.0. The summed E-state index contributed by atoms with van der Waals surface area (Å²) >= 11 is 3.39. The van der Waals surface area contributed by atoms with Crippen LogP contribution in [0.15, 0.2) is 22.7 Å². The molecule has 3 nitrogen and oxygen atoms in total. The molecule has 0 heterocycles. The van der Waals surface area contributed by atoms with Crippen molar-refractivity contribution in [2.45, 2.75) is 45.4 Å². The van der Waals surface area contributed by atoms with Gasteiger partial charge in [-0.05, 0) is 36.1 Å². The minimum Gasteiger partial charge on any atom is -0.481 e. The van der Waals surface area contributed by atoms with Crippen molar-refractivity contribution in [2.75, 3.05) is 5.73 Å². The van der Waals surface area contributed by atoms with Crippen molar-refractivity contribution in [1.29, 1.82) is 0 Å². The third-order valence-electron chi connectivity index (χ3n) is 3.57. The highest BCUT2D eigenvalue weighted by Gasteiger charge is 2.29. The van der Waals surface area contributed by atoms with Crippen molar-refractivity contribution in [3.8, 4) is 0 Å². The molecule has 0 spiro atoms. The van der Waals surface area contributed by atoms with Crippen LogP contribution in [0.25, 0.3) is 0 Å². The molecule has 0 fully saturated rings. The second kappa shape index (κ2) is 7.53. The molecule has 0 bridgehead atoms. The summed E-state index contributed by atoms with van der Waals surface area (Å²) < 4.78 is 0.869. The Morgan fingerprint density at radius 1 is 1.42 bits per heavy atom. The third kappa shape index (κ3) is 4.23. The average Bonchev–Trinajstić information content (AvgIpc) is 2.37. The van der Waals surface area contributed by atoms with Crippen molar-refractivity contribution in [2.24, 2.45) is 5.92 Å². The Hall–Kier alpha value is -1.03. The van der Waals surface area contributed by atoms with Gasteiger partial charge in [-0.2, -0.15) is 0 Å². The topological polar surface area (TPSA) is 63.3 Å². The summed E-state index contributed by atoms with van der Waals surface area (Å²) in [6.07, 6.45) is 3.91. The van der Waals surface area contributed by atoms with Gasteiger partial charge in [0.05, 0.1) is 5.92 Å². The average molecular weight is 328 g/mol. The van der Waals surface area contributed by atoms with E-state index < -0.39 is 11.9 Å². The van der Waals surface area contributed by atoms with Gasteiger partial charge < -0.3 is 10.8 Å². The molecular formula is C15H22BrNO2. The molecule has 0 amide bonds. The lowest BCUT2D eigenvalue weighted by atomic mass is 9.80. The normalized spacial score (nSPS) is 14.1. The second-order valence-electron chi connectivity index (χ2n) is 4.90. The molecule has 3 N–H and O–H groups in total. The first-order chi connectivity index (χ1) is 9.01. The molecule has 1 aromatic rings. The van der Waals surface area contributed by atoms with Gasteiger partial charge in [0, 0.05) is 10.2 Å². The van der Waals surface area contributed by atoms with E-state index in [1.807, 2.05) is 19.1 Å². The van der Waals surface area contributed by atoms with Gasteiger partial charge in [-0.25, -0.2) is 0 Å². The number of nitrogens with two attached hydrogens (primary N) is 1. The lowest BCUT2D eigenvalue weighted by molar-refractivity contribution is -0.140. The van der Waals surface area contributed by atoms with Gasteiger partial charge in [0.1, 0.15) is 0 Å². The van der Waals surface area contributed by atoms with Crippen molar-refractivity contribution in [3.63, 3.8) is 0 Å². The Labute approximate surface area is 123 Å². The van der Waals surface area contributed by atoms with Crippen LogP contribution >= 0.6 is 15.9 Å². The van der Waals surface area contributed by atoms with Gasteiger partial charge in [-0.3, -0.25) is 4.79 Å². The van der Waals surface area contributed by atoms with Gasteiger partial charge in [-0.1, -0.05) is 49.0 Å². The fourth-order valence-corrected chi connectivity index (χ4v) is 2.86. The Morgan fingerprint density at radius 3 is 2.63 bits per heavy atom. The van der Waals surface area contributed by atoms with Crippen LogP contribution in [0.4, 0.5) is 5.69 Å². The molecule has 106 valence electrons. The maximum absolute atomic E-state index is 11.7. The maximum Gasteiger partial charge on any atom is 0.311 e. The van der Waals surface area contributed by atoms with Gasteiger partial charge in [0.15, 0.2) is 0 Å². The minimum atomic E-state index is -0.784. The van der Waals surface area contributed by atoms with Crippen LogP contribution in [-0.4, -0.2) is 11.1 Å². The number of unbranched alkanes of at least 4 members (excludes halogenated alkanes) is 1. The number of anilines is 1. The maximum atomic E-state index is 11.7. The number of carboxylic acid groups (broad SMARTS) is 1. The van der Waals surface area contributed by atoms with E-state index >= 15 is 0 Å².